The van der Waals surface area contributed by atoms with E-state index in [1.54, 1.807) is 28.0 Å². The van der Waals surface area contributed by atoms with Gasteiger partial charge in [-0.2, -0.15) is 13.6 Å². The van der Waals surface area contributed by atoms with Crippen LogP contribution in [0.3, 0.4) is 0 Å². The minimum absolute atomic E-state index is 0. The summed E-state index contributed by atoms with van der Waals surface area (Å²) in [6.07, 6.45) is 0. The summed E-state index contributed by atoms with van der Waals surface area (Å²) >= 11 is 0. The average Bonchev–Trinajstić information content (AvgIpc) is 1.87. The molecule has 0 aromatic rings. The smallest absolute Gasteiger partial charge is 0.344 e. The molecule has 0 aliphatic heterocycles. The number of hydrogen-bond donors (Lipinski definition) is 1. The fourth-order valence-corrected chi connectivity index (χ4v) is 0.671. The monoisotopic (exact) mass is 156 g/mol. The fourth-order valence-electron chi connectivity index (χ4n) is 0.224. The Hall–Kier alpha value is 0.270. The van der Waals surface area contributed by atoms with Crippen LogP contribution in [0.4, 0.5) is 0 Å². The lowest BCUT2D eigenvalue weighted by molar-refractivity contribution is 0.217. The van der Waals surface area contributed by atoms with Gasteiger partial charge in [0.1, 0.15) is 6.66 Å². The lowest BCUT2D eigenvalue weighted by Gasteiger charge is -2.10. The topological polar surface area (TPSA) is 62.7 Å². The molecule has 0 aromatic heterocycles. The molecule has 0 aliphatic carbocycles. The summed E-state index contributed by atoms with van der Waals surface area (Å²) in [6.45, 7) is 1.80. The predicted octanol–water partition coefficient (Wildman–Crippen LogP) is 1.48. The maximum atomic E-state index is 4.90. The summed E-state index contributed by atoms with van der Waals surface area (Å²) in [5.74, 6) is 0. The van der Waals surface area contributed by atoms with Gasteiger partial charge in [-0.1, -0.05) is 0 Å². The van der Waals surface area contributed by atoms with Crippen molar-refractivity contribution in [1.29, 1.82) is 0 Å². The van der Waals surface area contributed by atoms with E-state index in [1.807, 2.05) is 0 Å². The molecule has 58 valence electrons. The normalized spacial score (nSPS) is 10.7. The molecule has 9 heavy (non-hydrogen) atoms. The predicted molar refractivity (Wildman–Crippen MR) is 38.9 cm³/mol. The Morgan fingerprint density at radius 2 is 1.11 bits per heavy atom. The van der Waals surface area contributed by atoms with Gasteiger partial charge in [0.05, 0.1) is 21.3 Å². The molecule has 0 bridgehead atoms. The fraction of sp³-hybridized carbons (Fsp3) is 1.00. The molecule has 0 unspecified atom stereocenters. The van der Waals surface area contributed by atoms with Crippen molar-refractivity contribution in [1.82, 2.24) is 6.15 Å². The first-order valence-electron chi connectivity index (χ1n) is 2.22. The molecule has 0 aliphatic rings. The first-order chi connectivity index (χ1) is 3.68. The molecule has 0 aromatic carbocycles. The number of hydrogen-bond acceptors (Lipinski definition) is 4. The van der Waals surface area contributed by atoms with Crippen LogP contribution in [0.15, 0.2) is 0 Å². The van der Waals surface area contributed by atoms with E-state index in [4.69, 9.17) is 13.6 Å². The Labute approximate surface area is 56.7 Å². The highest BCUT2D eigenvalue weighted by Crippen LogP contribution is 2.56. The Balaban J connectivity index is 0. The van der Waals surface area contributed by atoms with Gasteiger partial charge < -0.3 is 6.15 Å². The first-order valence-corrected chi connectivity index (χ1v) is 4.21. The van der Waals surface area contributed by atoms with Gasteiger partial charge in [-0.25, -0.2) is 0 Å². The van der Waals surface area contributed by atoms with Gasteiger partial charge >= 0.3 is 7.94 Å². The van der Waals surface area contributed by atoms with Gasteiger partial charge in [-0.05, 0) is 0 Å². The number of rotatable bonds is 3. The second kappa shape index (κ2) is 5.09. The maximum Gasteiger partial charge on any atom is 0.407 e. The van der Waals surface area contributed by atoms with E-state index in [0.717, 1.165) is 0 Å². The molecule has 5 heteroatoms. The highest BCUT2D eigenvalue weighted by Gasteiger charge is 2.33. The van der Waals surface area contributed by atoms with E-state index in [9.17, 15) is 0 Å². The second-order valence-electron chi connectivity index (χ2n) is 1.32. The van der Waals surface area contributed by atoms with Crippen LogP contribution < -0.4 is 6.15 Å². The van der Waals surface area contributed by atoms with Crippen molar-refractivity contribution in [2.75, 3.05) is 28.0 Å². The van der Waals surface area contributed by atoms with E-state index in [0.29, 0.717) is 0 Å². The Morgan fingerprint density at radius 3 is 1.11 bits per heavy atom. The maximum absolute atomic E-state index is 4.90. The molecule has 0 rings (SSSR count). The van der Waals surface area contributed by atoms with Crippen LogP contribution in [0.2, 0.25) is 0 Å². The van der Waals surface area contributed by atoms with Crippen molar-refractivity contribution in [3.05, 3.63) is 0 Å². The summed E-state index contributed by atoms with van der Waals surface area (Å²) < 4.78 is 14.7. The molecular formula is C4H15NO3P+. The third-order valence-corrected chi connectivity index (χ3v) is 2.98. The molecule has 0 heterocycles. The Kier molecular flexibility index (Phi) is 6.78. The van der Waals surface area contributed by atoms with Gasteiger partial charge in [0, 0.05) is 0 Å². The average molecular weight is 156 g/mol. The summed E-state index contributed by atoms with van der Waals surface area (Å²) in [6, 6.07) is 0. The van der Waals surface area contributed by atoms with Crippen LogP contribution in [-0.4, -0.2) is 28.0 Å². The van der Waals surface area contributed by atoms with Crippen LogP contribution in [-0.2, 0) is 13.6 Å². The van der Waals surface area contributed by atoms with Crippen molar-refractivity contribution in [3.8, 4) is 0 Å². The highest BCUT2D eigenvalue weighted by molar-refractivity contribution is 7.60. The summed E-state index contributed by atoms with van der Waals surface area (Å²) in [5.41, 5.74) is 0. The van der Waals surface area contributed by atoms with Crippen LogP contribution in [0.25, 0.3) is 0 Å². The van der Waals surface area contributed by atoms with Gasteiger partial charge in [0.25, 0.3) is 0 Å². The summed E-state index contributed by atoms with van der Waals surface area (Å²) in [5, 5.41) is 0. The minimum atomic E-state index is -1.91. The molecule has 0 radical (unpaired) electrons. The zero-order valence-electron chi connectivity index (χ0n) is 6.38. The van der Waals surface area contributed by atoms with Gasteiger partial charge in [0.15, 0.2) is 0 Å². The van der Waals surface area contributed by atoms with Gasteiger partial charge in [-0.3, -0.25) is 0 Å². The lowest BCUT2D eigenvalue weighted by atomic mass is 11.8. The van der Waals surface area contributed by atoms with E-state index in [1.165, 1.54) is 0 Å². The van der Waals surface area contributed by atoms with E-state index in [2.05, 4.69) is 0 Å². The molecule has 0 fully saturated rings. The molecule has 0 saturated heterocycles. The largest absolute Gasteiger partial charge is 0.407 e. The molecule has 0 atom stereocenters. The third-order valence-electron chi connectivity index (χ3n) is 0.995. The Morgan fingerprint density at radius 1 is 0.889 bits per heavy atom. The van der Waals surface area contributed by atoms with Crippen LogP contribution >= 0.6 is 7.94 Å². The lowest BCUT2D eigenvalue weighted by Crippen LogP contribution is -1.96. The molecule has 0 spiro atoms. The van der Waals surface area contributed by atoms with Crippen molar-refractivity contribution in [2.24, 2.45) is 0 Å². The minimum Gasteiger partial charge on any atom is -0.344 e. The van der Waals surface area contributed by atoms with Crippen LogP contribution in [0.1, 0.15) is 0 Å². The molecule has 0 amide bonds. The van der Waals surface area contributed by atoms with Crippen molar-refractivity contribution < 1.29 is 13.6 Å². The van der Waals surface area contributed by atoms with E-state index >= 15 is 0 Å². The zero-order valence-corrected chi connectivity index (χ0v) is 7.27. The Bertz CT molecular complexity index is 58.6. The third kappa shape index (κ3) is 3.78. The van der Waals surface area contributed by atoms with Gasteiger partial charge in [-0.15, -0.1) is 0 Å². The van der Waals surface area contributed by atoms with Crippen molar-refractivity contribution >= 4 is 7.94 Å². The van der Waals surface area contributed by atoms with E-state index in [-0.39, 0.29) is 6.15 Å². The molecule has 3 N–H and O–H groups in total. The zero-order chi connectivity index (χ0) is 6.62. The molecular weight excluding hydrogens is 141 g/mol. The van der Waals surface area contributed by atoms with Crippen molar-refractivity contribution in [3.63, 3.8) is 0 Å². The summed E-state index contributed by atoms with van der Waals surface area (Å²) in [4.78, 5) is 0. The molecule has 4 nitrogen and oxygen atoms in total. The summed E-state index contributed by atoms with van der Waals surface area (Å²) in [7, 11) is 2.80. The molecule has 0 saturated carbocycles. The first kappa shape index (κ1) is 12.0. The van der Waals surface area contributed by atoms with Crippen LogP contribution in [0, 0.1) is 0 Å². The van der Waals surface area contributed by atoms with Gasteiger partial charge in [0.2, 0.25) is 0 Å². The SMILES string of the molecule is CO[P+](C)(OC)OC.N. The second-order valence-corrected chi connectivity index (χ2v) is 3.96. The highest BCUT2D eigenvalue weighted by atomic mass is 31.2. The van der Waals surface area contributed by atoms with Crippen molar-refractivity contribution in [2.45, 2.75) is 0 Å². The van der Waals surface area contributed by atoms with Crippen LogP contribution in [0.5, 0.6) is 0 Å². The standard InChI is InChI=1S/C4H12O3P.H3N/c1-5-8(4,6-2)7-3;/h1-4H3;1H3/q+1;. The van der Waals surface area contributed by atoms with E-state index < -0.39 is 7.94 Å². The quantitative estimate of drug-likeness (QED) is 0.628.